The van der Waals surface area contributed by atoms with Gasteiger partial charge in [0, 0.05) is 56.6 Å². The van der Waals surface area contributed by atoms with E-state index in [0.29, 0.717) is 19.5 Å². The lowest BCUT2D eigenvalue weighted by Gasteiger charge is -2.19. The fraction of sp³-hybridized carbons (Fsp3) is 0.500. The molecule has 4 rings (SSSR count). The number of benzene rings is 1. The van der Waals surface area contributed by atoms with Crippen LogP contribution in [0.4, 0.5) is 10.8 Å². The molecule has 1 unspecified atom stereocenters. The summed E-state index contributed by atoms with van der Waals surface area (Å²) in [5, 5.41) is 10.0. The molecule has 30 heavy (non-hydrogen) atoms. The Labute approximate surface area is 182 Å². The third-order valence-corrected chi connectivity index (χ3v) is 6.38. The van der Waals surface area contributed by atoms with Crippen molar-refractivity contribution in [1.82, 2.24) is 15.6 Å². The summed E-state index contributed by atoms with van der Waals surface area (Å²) in [4.78, 5) is 26.2. The third kappa shape index (κ3) is 5.11. The lowest BCUT2D eigenvalue weighted by molar-refractivity contribution is -0.117. The highest BCUT2D eigenvalue weighted by Gasteiger charge is 2.31. The highest BCUT2D eigenvalue weighted by atomic mass is 32.1. The van der Waals surface area contributed by atoms with Crippen LogP contribution < -0.4 is 20.4 Å². The maximum atomic E-state index is 12.4. The second kappa shape index (κ2) is 9.93. The van der Waals surface area contributed by atoms with Crippen molar-refractivity contribution in [3.63, 3.8) is 0 Å². The Morgan fingerprint density at radius 2 is 2.07 bits per heavy atom. The largest absolute Gasteiger partial charge is 0.357 e. The smallest absolute Gasteiger partial charge is 0.229 e. The number of nitrogens with zero attached hydrogens (tertiary/aromatic N) is 4. The fourth-order valence-electron chi connectivity index (χ4n) is 3.92. The molecule has 2 N–H and O–H groups in total. The van der Waals surface area contributed by atoms with Crippen molar-refractivity contribution < 1.29 is 4.79 Å². The molecule has 2 aliphatic heterocycles. The zero-order valence-corrected chi connectivity index (χ0v) is 18.3. The van der Waals surface area contributed by atoms with Crippen molar-refractivity contribution in [3.05, 3.63) is 41.4 Å². The van der Waals surface area contributed by atoms with Gasteiger partial charge in [-0.05, 0) is 31.9 Å². The van der Waals surface area contributed by atoms with Gasteiger partial charge in [0.05, 0.1) is 11.7 Å². The van der Waals surface area contributed by atoms with E-state index in [-0.39, 0.29) is 11.9 Å². The molecule has 7 nitrogen and oxygen atoms in total. The van der Waals surface area contributed by atoms with E-state index < -0.39 is 0 Å². The zero-order chi connectivity index (χ0) is 20.8. The number of amides is 1. The molecule has 8 heteroatoms. The Morgan fingerprint density at radius 1 is 1.27 bits per heavy atom. The second-order valence-corrected chi connectivity index (χ2v) is 8.55. The molecule has 2 fully saturated rings. The normalized spacial score (nSPS) is 19.6. The van der Waals surface area contributed by atoms with Gasteiger partial charge in [-0.15, -0.1) is 11.3 Å². The first-order chi connectivity index (χ1) is 14.7. The summed E-state index contributed by atoms with van der Waals surface area (Å²) in [7, 11) is 0. The number of rotatable bonds is 7. The number of nitrogens with one attached hydrogen (secondary N) is 2. The fourth-order valence-corrected chi connectivity index (χ4v) is 4.84. The van der Waals surface area contributed by atoms with Gasteiger partial charge in [-0.1, -0.05) is 18.2 Å². The first kappa shape index (κ1) is 20.7. The first-order valence-electron chi connectivity index (χ1n) is 10.8. The van der Waals surface area contributed by atoms with Gasteiger partial charge in [0.2, 0.25) is 5.91 Å². The van der Waals surface area contributed by atoms with Crippen LogP contribution in [0.2, 0.25) is 0 Å². The second-order valence-electron chi connectivity index (χ2n) is 7.71. The molecule has 1 aromatic heterocycles. The van der Waals surface area contributed by atoms with Gasteiger partial charge in [0.1, 0.15) is 0 Å². The molecule has 2 saturated heterocycles. The molecule has 1 atom stereocenters. The summed E-state index contributed by atoms with van der Waals surface area (Å²) < 4.78 is 0. The molecular formula is C22H30N6OS. The van der Waals surface area contributed by atoms with Crippen molar-refractivity contribution in [2.45, 2.75) is 38.6 Å². The minimum Gasteiger partial charge on any atom is -0.357 e. The average Bonchev–Trinajstić information content (AvgIpc) is 3.50. The number of hydrogen-bond donors (Lipinski definition) is 2. The Balaban J connectivity index is 1.31. The number of aromatic nitrogens is 1. The van der Waals surface area contributed by atoms with E-state index in [1.165, 1.54) is 12.8 Å². The molecule has 3 heterocycles. The number of hydrogen-bond acceptors (Lipinski definition) is 5. The van der Waals surface area contributed by atoms with Gasteiger partial charge in [0.15, 0.2) is 11.1 Å². The molecule has 0 spiro atoms. The number of thiazole rings is 1. The van der Waals surface area contributed by atoms with E-state index in [4.69, 9.17) is 9.98 Å². The Morgan fingerprint density at radius 3 is 2.83 bits per heavy atom. The maximum Gasteiger partial charge on any atom is 0.229 e. The van der Waals surface area contributed by atoms with Crippen molar-refractivity contribution >= 4 is 34.0 Å². The van der Waals surface area contributed by atoms with Crippen molar-refractivity contribution in [1.29, 1.82) is 0 Å². The summed E-state index contributed by atoms with van der Waals surface area (Å²) >= 11 is 1.73. The van der Waals surface area contributed by atoms with Crippen LogP contribution in [0.3, 0.4) is 0 Å². The summed E-state index contributed by atoms with van der Waals surface area (Å²) in [5.74, 6) is 0.909. The zero-order valence-electron chi connectivity index (χ0n) is 17.5. The predicted octanol–water partition coefficient (Wildman–Crippen LogP) is 2.65. The minimum atomic E-state index is 0.0524. The van der Waals surface area contributed by atoms with E-state index in [1.54, 1.807) is 11.3 Å². The number of anilines is 2. The predicted molar refractivity (Wildman–Crippen MR) is 124 cm³/mol. The molecular weight excluding hydrogens is 396 g/mol. The van der Waals surface area contributed by atoms with Crippen LogP contribution in [0.1, 0.15) is 31.9 Å². The van der Waals surface area contributed by atoms with Crippen LogP contribution in [0.5, 0.6) is 0 Å². The van der Waals surface area contributed by atoms with Crippen LogP contribution >= 0.6 is 11.3 Å². The summed E-state index contributed by atoms with van der Waals surface area (Å²) in [6.45, 7) is 6.40. The molecule has 0 aliphatic carbocycles. The Kier molecular flexibility index (Phi) is 6.84. The summed E-state index contributed by atoms with van der Waals surface area (Å²) in [6.07, 6.45) is 3.83. The Bertz CT molecular complexity index is 862. The number of guanidine groups is 1. The first-order valence-corrected chi connectivity index (χ1v) is 11.7. The highest BCUT2D eigenvalue weighted by molar-refractivity contribution is 7.13. The van der Waals surface area contributed by atoms with E-state index in [0.717, 1.165) is 48.5 Å². The molecule has 0 radical (unpaired) electrons. The highest BCUT2D eigenvalue weighted by Crippen LogP contribution is 2.24. The summed E-state index contributed by atoms with van der Waals surface area (Å²) in [5.41, 5.74) is 2.05. The molecule has 2 aromatic rings. The van der Waals surface area contributed by atoms with Crippen molar-refractivity contribution in [2.75, 3.05) is 42.5 Å². The lowest BCUT2D eigenvalue weighted by atomic mass is 10.2. The molecule has 0 saturated carbocycles. The van der Waals surface area contributed by atoms with Gasteiger partial charge < -0.3 is 20.4 Å². The van der Waals surface area contributed by atoms with E-state index in [9.17, 15) is 4.79 Å². The average molecular weight is 427 g/mol. The van der Waals surface area contributed by atoms with Crippen LogP contribution in [-0.2, 0) is 11.2 Å². The van der Waals surface area contributed by atoms with Gasteiger partial charge >= 0.3 is 0 Å². The van der Waals surface area contributed by atoms with Crippen molar-refractivity contribution in [2.24, 2.45) is 4.99 Å². The lowest BCUT2D eigenvalue weighted by Crippen LogP contribution is -2.44. The van der Waals surface area contributed by atoms with Gasteiger partial charge in [-0.25, -0.2) is 4.98 Å². The maximum absolute atomic E-state index is 12.4. The van der Waals surface area contributed by atoms with Gasteiger partial charge in [-0.3, -0.25) is 9.79 Å². The number of carbonyl (C=O) groups is 1. The molecule has 1 amide bonds. The number of para-hydroxylation sites is 1. The van der Waals surface area contributed by atoms with Crippen LogP contribution in [0, 0.1) is 0 Å². The quantitative estimate of drug-likeness (QED) is 0.526. The number of carbonyl (C=O) groups excluding carboxylic acids is 1. The van der Waals surface area contributed by atoms with E-state index >= 15 is 0 Å². The van der Waals surface area contributed by atoms with Gasteiger partial charge in [0.25, 0.3) is 0 Å². The number of aliphatic imine (C=N–C) groups is 1. The molecule has 0 bridgehead atoms. The molecule has 1 aromatic carbocycles. The van der Waals surface area contributed by atoms with Gasteiger partial charge in [-0.2, -0.15) is 0 Å². The SMILES string of the molecule is CCNC(=NCCc1csc(N2CCCC2)n1)NC1CC(=O)N(c2ccccc2)C1. The van der Waals surface area contributed by atoms with Crippen LogP contribution in [0.25, 0.3) is 0 Å². The monoisotopic (exact) mass is 426 g/mol. The molecule has 2 aliphatic rings. The summed E-state index contributed by atoms with van der Waals surface area (Å²) in [6, 6.07) is 9.89. The van der Waals surface area contributed by atoms with Crippen molar-refractivity contribution in [3.8, 4) is 0 Å². The third-order valence-electron chi connectivity index (χ3n) is 5.43. The Hall–Kier alpha value is -2.61. The minimum absolute atomic E-state index is 0.0524. The molecule has 160 valence electrons. The van der Waals surface area contributed by atoms with Crippen LogP contribution in [-0.4, -0.2) is 55.6 Å². The van der Waals surface area contributed by atoms with E-state index in [1.807, 2.05) is 35.2 Å². The van der Waals surface area contributed by atoms with Crippen LogP contribution in [0.15, 0.2) is 40.7 Å². The van der Waals surface area contributed by atoms with E-state index in [2.05, 4.69) is 27.8 Å². The topological polar surface area (TPSA) is 72.9 Å². The standard InChI is InChI=1S/C22H30N6OS/c1-2-23-21(24-11-10-17-16-30-22(26-17)27-12-6-7-13-27)25-18-14-20(29)28(15-18)19-8-4-3-5-9-19/h3-5,8-9,16,18H,2,6-7,10-15H2,1H3,(H2,23,24,25).